The number of nitrogens with one attached hydrogen (secondary N) is 1. The first kappa shape index (κ1) is 12.1. The quantitative estimate of drug-likeness (QED) is 0.807. The van der Waals surface area contributed by atoms with Crippen molar-refractivity contribution >= 4 is 11.9 Å². The van der Waals surface area contributed by atoms with Gasteiger partial charge >= 0.3 is 0 Å². The molecule has 0 bridgehead atoms. The van der Waals surface area contributed by atoms with Crippen molar-refractivity contribution in [2.45, 2.75) is 19.3 Å². The molecule has 2 heteroatoms. The molecule has 1 heterocycles. The second-order valence-electron chi connectivity index (χ2n) is 4.52. The molecule has 1 fully saturated rings. The van der Waals surface area contributed by atoms with Gasteiger partial charge in [-0.1, -0.05) is 36.4 Å². The van der Waals surface area contributed by atoms with E-state index >= 15 is 0 Å². The van der Waals surface area contributed by atoms with Gasteiger partial charge in [-0.2, -0.15) is 0 Å². The van der Waals surface area contributed by atoms with Gasteiger partial charge in [0.2, 0.25) is 0 Å². The third-order valence-electron chi connectivity index (χ3n) is 3.22. The Hall–Kier alpha value is -1.41. The summed E-state index contributed by atoms with van der Waals surface area (Å²) in [5, 5.41) is 3.33. The van der Waals surface area contributed by atoms with Crippen LogP contribution in [-0.4, -0.2) is 18.9 Å². The molecule has 1 aromatic carbocycles. The van der Waals surface area contributed by atoms with Crippen molar-refractivity contribution in [2.75, 3.05) is 13.1 Å². The molecule has 90 valence electrons. The molecule has 2 nitrogen and oxygen atoms in total. The van der Waals surface area contributed by atoms with Crippen molar-refractivity contribution in [1.29, 1.82) is 0 Å². The maximum atomic E-state index is 12.0. The Labute approximate surface area is 103 Å². The molecule has 1 aliphatic rings. The van der Waals surface area contributed by atoms with E-state index in [4.69, 9.17) is 0 Å². The van der Waals surface area contributed by atoms with Gasteiger partial charge < -0.3 is 5.32 Å². The van der Waals surface area contributed by atoms with Crippen LogP contribution in [0.5, 0.6) is 0 Å². The molecule has 0 amide bonds. The highest BCUT2D eigenvalue weighted by molar-refractivity contribution is 5.95. The van der Waals surface area contributed by atoms with Crippen molar-refractivity contribution in [3.63, 3.8) is 0 Å². The first-order chi connectivity index (χ1) is 8.36. The van der Waals surface area contributed by atoms with Crippen LogP contribution < -0.4 is 5.32 Å². The lowest BCUT2D eigenvalue weighted by atomic mass is 9.95. The predicted molar refractivity (Wildman–Crippen MR) is 70.7 cm³/mol. The molecular weight excluding hydrogens is 210 g/mol. The third-order valence-corrected chi connectivity index (χ3v) is 3.22. The van der Waals surface area contributed by atoms with E-state index in [0.717, 1.165) is 37.9 Å². The number of rotatable bonds is 3. The van der Waals surface area contributed by atoms with Crippen LogP contribution in [-0.2, 0) is 4.79 Å². The maximum Gasteiger partial charge on any atom is 0.158 e. The molecule has 0 aliphatic carbocycles. The van der Waals surface area contributed by atoms with Crippen LogP contribution in [0.2, 0.25) is 0 Å². The molecule has 1 atom stereocenters. The number of ketones is 1. The Morgan fingerprint density at radius 1 is 1.18 bits per heavy atom. The van der Waals surface area contributed by atoms with E-state index in [0.29, 0.717) is 0 Å². The summed E-state index contributed by atoms with van der Waals surface area (Å²) < 4.78 is 0. The number of hydrogen-bond donors (Lipinski definition) is 1. The zero-order chi connectivity index (χ0) is 11.9. The molecule has 1 aromatic rings. The Morgan fingerprint density at radius 2 is 2.00 bits per heavy atom. The Morgan fingerprint density at radius 3 is 2.82 bits per heavy atom. The molecule has 0 aromatic heterocycles. The van der Waals surface area contributed by atoms with E-state index in [2.05, 4.69) is 5.32 Å². The molecule has 1 N–H and O–H groups in total. The predicted octanol–water partition coefficient (Wildman–Crippen LogP) is 2.66. The van der Waals surface area contributed by atoms with E-state index in [1.807, 2.05) is 36.4 Å². The summed E-state index contributed by atoms with van der Waals surface area (Å²) in [5.41, 5.74) is 1.09. The molecule has 0 saturated carbocycles. The van der Waals surface area contributed by atoms with E-state index < -0.39 is 0 Å². The Balaban J connectivity index is 1.94. The fourth-order valence-electron chi connectivity index (χ4n) is 2.18. The summed E-state index contributed by atoms with van der Waals surface area (Å²) in [5.74, 6) is 0.488. The highest BCUT2D eigenvalue weighted by Crippen LogP contribution is 2.15. The monoisotopic (exact) mass is 229 g/mol. The number of carbonyl (C=O) groups excluding carboxylic acids is 1. The highest BCUT2D eigenvalue weighted by atomic mass is 16.1. The second kappa shape index (κ2) is 6.36. The Bertz CT molecular complexity index is 375. The van der Waals surface area contributed by atoms with E-state index in [1.54, 1.807) is 6.08 Å². The van der Waals surface area contributed by atoms with Gasteiger partial charge in [-0.15, -0.1) is 0 Å². The largest absolute Gasteiger partial charge is 0.317 e. The van der Waals surface area contributed by atoms with Crippen molar-refractivity contribution in [3.8, 4) is 0 Å². The van der Waals surface area contributed by atoms with Gasteiger partial charge in [0.15, 0.2) is 5.78 Å². The topological polar surface area (TPSA) is 29.1 Å². The van der Waals surface area contributed by atoms with Crippen LogP contribution in [0.25, 0.3) is 6.08 Å². The van der Waals surface area contributed by atoms with Crippen molar-refractivity contribution in [3.05, 3.63) is 42.0 Å². The summed E-state index contributed by atoms with van der Waals surface area (Å²) in [6.45, 7) is 2.02. The van der Waals surface area contributed by atoms with Gasteiger partial charge in [0.05, 0.1) is 0 Å². The molecule has 0 unspecified atom stereocenters. The summed E-state index contributed by atoms with van der Waals surface area (Å²) in [6.07, 6.45) is 6.75. The number of hydrogen-bond acceptors (Lipinski definition) is 2. The first-order valence-corrected chi connectivity index (χ1v) is 6.34. The Kier molecular flexibility index (Phi) is 4.51. The van der Waals surface area contributed by atoms with Gasteiger partial charge in [-0.25, -0.2) is 0 Å². The smallest absolute Gasteiger partial charge is 0.158 e. The number of carbonyl (C=O) groups is 1. The average Bonchev–Trinajstić information content (AvgIpc) is 2.66. The lowest BCUT2D eigenvalue weighted by Crippen LogP contribution is -2.16. The summed E-state index contributed by atoms with van der Waals surface area (Å²) >= 11 is 0. The zero-order valence-corrected chi connectivity index (χ0v) is 10.1. The van der Waals surface area contributed by atoms with Gasteiger partial charge in [-0.05, 0) is 44.0 Å². The molecule has 2 rings (SSSR count). The summed E-state index contributed by atoms with van der Waals surface area (Å²) in [4.78, 5) is 12.0. The minimum absolute atomic E-state index is 0.213. The molecule has 0 radical (unpaired) electrons. The van der Waals surface area contributed by atoms with Crippen molar-refractivity contribution < 1.29 is 4.79 Å². The SMILES string of the molecule is O=C(/C=C/c1ccccc1)[C@H]1CCCNCC1. The molecule has 1 saturated heterocycles. The fourth-order valence-corrected chi connectivity index (χ4v) is 2.18. The minimum atomic E-state index is 0.213. The van der Waals surface area contributed by atoms with Crippen LogP contribution in [0, 0.1) is 5.92 Å². The number of allylic oxidation sites excluding steroid dienone is 1. The molecule has 17 heavy (non-hydrogen) atoms. The van der Waals surface area contributed by atoms with E-state index in [1.165, 1.54) is 0 Å². The van der Waals surface area contributed by atoms with Gasteiger partial charge in [0, 0.05) is 5.92 Å². The van der Waals surface area contributed by atoms with Gasteiger partial charge in [-0.3, -0.25) is 4.79 Å². The highest BCUT2D eigenvalue weighted by Gasteiger charge is 2.17. The fraction of sp³-hybridized carbons (Fsp3) is 0.400. The second-order valence-corrected chi connectivity index (χ2v) is 4.52. The van der Waals surface area contributed by atoms with Crippen LogP contribution >= 0.6 is 0 Å². The molecule has 0 spiro atoms. The standard InChI is InChI=1S/C15H19NO/c17-15(14-7-4-11-16-12-10-14)9-8-13-5-2-1-3-6-13/h1-3,5-6,8-9,14,16H,4,7,10-12H2/b9-8+/t14-/m0/s1. The lowest BCUT2D eigenvalue weighted by molar-refractivity contribution is -0.118. The number of benzene rings is 1. The molecular formula is C15H19NO. The minimum Gasteiger partial charge on any atom is -0.317 e. The molecule has 1 aliphatic heterocycles. The first-order valence-electron chi connectivity index (χ1n) is 6.34. The van der Waals surface area contributed by atoms with Gasteiger partial charge in [0.25, 0.3) is 0 Å². The maximum absolute atomic E-state index is 12.0. The summed E-state index contributed by atoms with van der Waals surface area (Å²) in [7, 11) is 0. The zero-order valence-electron chi connectivity index (χ0n) is 10.1. The van der Waals surface area contributed by atoms with Crippen molar-refractivity contribution in [1.82, 2.24) is 5.32 Å². The van der Waals surface area contributed by atoms with Crippen LogP contribution in [0.4, 0.5) is 0 Å². The third kappa shape index (κ3) is 3.82. The van der Waals surface area contributed by atoms with E-state index in [9.17, 15) is 4.79 Å². The van der Waals surface area contributed by atoms with Gasteiger partial charge in [0.1, 0.15) is 0 Å². The average molecular weight is 229 g/mol. The van der Waals surface area contributed by atoms with Crippen LogP contribution in [0.15, 0.2) is 36.4 Å². The van der Waals surface area contributed by atoms with Crippen molar-refractivity contribution in [2.24, 2.45) is 5.92 Å². The van der Waals surface area contributed by atoms with Crippen LogP contribution in [0.3, 0.4) is 0 Å². The normalized spacial score (nSPS) is 21.3. The lowest BCUT2D eigenvalue weighted by Gasteiger charge is -2.08. The van der Waals surface area contributed by atoms with Crippen LogP contribution in [0.1, 0.15) is 24.8 Å². The van der Waals surface area contributed by atoms with E-state index in [-0.39, 0.29) is 11.7 Å². The summed E-state index contributed by atoms with van der Waals surface area (Å²) in [6, 6.07) is 9.98.